The highest BCUT2D eigenvalue weighted by Gasteiger charge is 2.09. The third kappa shape index (κ3) is 4.05. The van der Waals surface area contributed by atoms with E-state index in [0.717, 1.165) is 0 Å². The highest BCUT2D eigenvalue weighted by Crippen LogP contribution is 2.15. The maximum Gasteiger partial charge on any atom is 0.338 e. The zero-order chi connectivity index (χ0) is 15.9. The number of ether oxygens (including phenoxy) is 2. The van der Waals surface area contributed by atoms with Crippen LogP contribution in [0.2, 0.25) is 0 Å². The third-order valence-corrected chi connectivity index (χ3v) is 2.92. The summed E-state index contributed by atoms with van der Waals surface area (Å²) in [6, 6.07) is 12.5. The van der Waals surface area contributed by atoms with Crippen LogP contribution >= 0.6 is 0 Å². The first-order chi connectivity index (χ1) is 10.6. The van der Waals surface area contributed by atoms with Gasteiger partial charge in [0.15, 0.2) is 0 Å². The Kier molecular flexibility index (Phi) is 5.08. The molecule has 0 radical (unpaired) electrons. The molecule has 0 atom stereocenters. The molecule has 0 N–H and O–H groups in total. The summed E-state index contributed by atoms with van der Waals surface area (Å²) in [4.78, 5) is 22.0. The molecule has 6 nitrogen and oxygen atoms in total. The topological polar surface area (TPSA) is 78.7 Å². The molecular formula is C16H15NO5. The molecule has 0 aliphatic carbocycles. The van der Waals surface area contributed by atoms with Crippen molar-refractivity contribution in [3.05, 3.63) is 69.8 Å². The molecule has 0 heterocycles. The van der Waals surface area contributed by atoms with Gasteiger partial charge in [-0.05, 0) is 48.9 Å². The average molecular weight is 301 g/mol. The van der Waals surface area contributed by atoms with Gasteiger partial charge >= 0.3 is 5.97 Å². The molecule has 0 aliphatic heterocycles. The lowest BCUT2D eigenvalue weighted by atomic mass is 10.2. The van der Waals surface area contributed by atoms with E-state index in [-0.39, 0.29) is 12.3 Å². The second-order valence-electron chi connectivity index (χ2n) is 4.46. The second-order valence-corrected chi connectivity index (χ2v) is 4.46. The van der Waals surface area contributed by atoms with Gasteiger partial charge in [-0.2, -0.15) is 0 Å². The van der Waals surface area contributed by atoms with Gasteiger partial charge in [-0.1, -0.05) is 0 Å². The van der Waals surface area contributed by atoms with Gasteiger partial charge in [0.25, 0.3) is 5.69 Å². The second kappa shape index (κ2) is 7.21. The normalized spacial score (nSPS) is 10.0. The molecule has 6 heteroatoms. The van der Waals surface area contributed by atoms with Gasteiger partial charge in [-0.25, -0.2) is 4.79 Å². The summed E-state index contributed by atoms with van der Waals surface area (Å²) < 4.78 is 10.5. The van der Waals surface area contributed by atoms with Crippen LogP contribution in [0.15, 0.2) is 48.5 Å². The number of carbonyl (C=O) groups excluding carboxylic acids is 1. The van der Waals surface area contributed by atoms with Crippen molar-refractivity contribution in [2.24, 2.45) is 0 Å². The van der Waals surface area contributed by atoms with Crippen LogP contribution < -0.4 is 4.74 Å². The number of non-ortho nitro benzene ring substituents is 1. The van der Waals surface area contributed by atoms with Crippen LogP contribution in [0.25, 0.3) is 0 Å². The Balaban J connectivity index is 1.93. The summed E-state index contributed by atoms with van der Waals surface area (Å²) in [6.07, 6.45) is 0. The smallest absolute Gasteiger partial charge is 0.338 e. The number of nitro benzene ring substituents is 1. The first-order valence-corrected chi connectivity index (χ1v) is 6.73. The van der Waals surface area contributed by atoms with E-state index in [9.17, 15) is 14.9 Å². The lowest BCUT2D eigenvalue weighted by Gasteiger charge is -2.06. The van der Waals surface area contributed by atoms with Crippen LogP contribution in [0.3, 0.4) is 0 Å². The zero-order valence-corrected chi connectivity index (χ0v) is 12.0. The molecule has 0 aliphatic rings. The fourth-order valence-electron chi connectivity index (χ4n) is 1.80. The van der Waals surface area contributed by atoms with Crippen molar-refractivity contribution in [1.82, 2.24) is 0 Å². The zero-order valence-electron chi connectivity index (χ0n) is 12.0. The van der Waals surface area contributed by atoms with Crippen molar-refractivity contribution in [2.45, 2.75) is 13.5 Å². The number of esters is 1. The minimum atomic E-state index is -0.476. The third-order valence-electron chi connectivity index (χ3n) is 2.92. The molecular weight excluding hydrogens is 286 g/mol. The van der Waals surface area contributed by atoms with Gasteiger partial charge in [-0.15, -0.1) is 0 Å². The maximum atomic E-state index is 11.9. The maximum absolute atomic E-state index is 11.9. The van der Waals surface area contributed by atoms with Gasteiger partial charge < -0.3 is 9.47 Å². The predicted octanol–water partition coefficient (Wildman–Crippen LogP) is 3.35. The Labute approximate surface area is 127 Å². The summed E-state index contributed by atoms with van der Waals surface area (Å²) in [5, 5.41) is 10.5. The number of nitrogens with zero attached hydrogens (tertiary/aromatic N) is 1. The number of rotatable bonds is 6. The van der Waals surface area contributed by atoms with Crippen LogP contribution in [-0.4, -0.2) is 17.5 Å². The van der Waals surface area contributed by atoms with Gasteiger partial charge in [0.1, 0.15) is 12.4 Å². The van der Waals surface area contributed by atoms with Crippen molar-refractivity contribution < 1.29 is 19.2 Å². The highest BCUT2D eigenvalue weighted by atomic mass is 16.6. The van der Waals surface area contributed by atoms with Gasteiger partial charge in [0.05, 0.1) is 17.1 Å². The standard InChI is InChI=1S/C16H15NO5/c1-2-21-15-9-5-13(6-10-15)16(18)22-11-12-3-7-14(8-4-12)17(19)20/h3-10H,2,11H2,1H3. The Morgan fingerprint density at radius 3 is 2.27 bits per heavy atom. The van der Waals surface area contributed by atoms with E-state index in [4.69, 9.17) is 9.47 Å². The number of benzene rings is 2. The molecule has 0 amide bonds. The molecule has 2 aromatic rings. The van der Waals surface area contributed by atoms with Crippen molar-refractivity contribution in [2.75, 3.05) is 6.61 Å². The fraction of sp³-hybridized carbons (Fsp3) is 0.188. The van der Waals surface area contributed by atoms with E-state index < -0.39 is 10.9 Å². The summed E-state index contributed by atoms with van der Waals surface area (Å²) in [7, 11) is 0. The van der Waals surface area contributed by atoms with Gasteiger partial charge in [-0.3, -0.25) is 10.1 Å². The van der Waals surface area contributed by atoms with Crippen molar-refractivity contribution in [1.29, 1.82) is 0 Å². The first kappa shape index (κ1) is 15.5. The summed E-state index contributed by atoms with van der Waals surface area (Å²) >= 11 is 0. The summed E-state index contributed by atoms with van der Waals surface area (Å²) in [5.74, 6) is 0.232. The lowest BCUT2D eigenvalue weighted by Crippen LogP contribution is -2.05. The predicted molar refractivity (Wildman–Crippen MR) is 79.8 cm³/mol. The molecule has 0 fully saturated rings. The number of hydrogen-bond donors (Lipinski definition) is 0. The quantitative estimate of drug-likeness (QED) is 0.464. The van der Waals surface area contributed by atoms with Crippen LogP contribution in [0.4, 0.5) is 5.69 Å². The average Bonchev–Trinajstić information content (AvgIpc) is 2.54. The Bertz CT molecular complexity index is 649. The molecule has 0 saturated heterocycles. The fourth-order valence-corrected chi connectivity index (χ4v) is 1.80. The minimum Gasteiger partial charge on any atom is -0.494 e. The molecule has 0 aromatic heterocycles. The largest absolute Gasteiger partial charge is 0.494 e. The SMILES string of the molecule is CCOc1ccc(C(=O)OCc2ccc([N+](=O)[O-])cc2)cc1. The Morgan fingerprint density at radius 2 is 1.73 bits per heavy atom. The van der Waals surface area contributed by atoms with E-state index in [1.165, 1.54) is 12.1 Å². The summed E-state index contributed by atoms with van der Waals surface area (Å²) in [6.45, 7) is 2.50. The number of carbonyl (C=O) groups is 1. The molecule has 2 rings (SSSR count). The van der Waals surface area contributed by atoms with E-state index in [0.29, 0.717) is 23.5 Å². The Hall–Kier alpha value is -2.89. The molecule has 0 spiro atoms. The van der Waals surface area contributed by atoms with Crippen molar-refractivity contribution in [3.8, 4) is 5.75 Å². The molecule has 0 saturated carbocycles. The minimum absolute atomic E-state index is 0.00147. The van der Waals surface area contributed by atoms with Crippen LogP contribution in [-0.2, 0) is 11.3 Å². The highest BCUT2D eigenvalue weighted by molar-refractivity contribution is 5.89. The van der Waals surface area contributed by atoms with Gasteiger partial charge in [0.2, 0.25) is 0 Å². The van der Waals surface area contributed by atoms with Crippen LogP contribution in [0, 0.1) is 10.1 Å². The van der Waals surface area contributed by atoms with E-state index >= 15 is 0 Å². The summed E-state index contributed by atoms with van der Waals surface area (Å²) in [5.41, 5.74) is 1.11. The van der Waals surface area contributed by atoms with Gasteiger partial charge in [0, 0.05) is 12.1 Å². The molecule has 22 heavy (non-hydrogen) atoms. The van der Waals surface area contributed by atoms with E-state index in [1.54, 1.807) is 36.4 Å². The van der Waals surface area contributed by atoms with Crippen LogP contribution in [0.5, 0.6) is 5.75 Å². The van der Waals surface area contributed by atoms with E-state index in [2.05, 4.69) is 0 Å². The molecule has 114 valence electrons. The number of nitro groups is 1. The number of hydrogen-bond acceptors (Lipinski definition) is 5. The van der Waals surface area contributed by atoms with E-state index in [1.807, 2.05) is 6.92 Å². The monoisotopic (exact) mass is 301 g/mol. The Morgan fingerprint density at radius 1 is 1.09 bits per heavy atom. The molecule has 2 aromatic carbocycles. The van der Waals surface area contributed by atoms with Crippen molar-refractivity contribution in [3.63, 3.8) is 0 Å². The van der Waals surface area contributed by atoms with Crippen LogP contribution in [0.1, 0.15) is 22.8 Å². The molecule has 0 bridgehead atoms. The first-order valence-electron chi connectivity index (χ1n) is 6.73. The molecule has 0 unspecified atom stereocenters. The lowest BCUT2D eigenvalue weighted by molar-refractivity contribution is -0.384. The van der Waals surface area contributed by atoms with Crippen molar-refractivity contribution >= 4 is 11.7 Å².